The molecule has 1 amide bonds. The van der Waals surface area contributed by atoms with Crippen molar-refractivity contribution in [3.05, 3.63) is 0 Å². The van der Waals surface area contributed by atoms with Crippen LogP contribution in [0.25, 0.3) is 0 Å². The van der Waals surface area contributed by atoms with Gasteiger partial charge in [0, 0.05) is 12.5 Å². The van der Waals surface area contributed by atoms with Crippen molar-refractivity contribution >= 4 is 11.9 Å². The minimum atomic E-state index is -0.788. The molecule has 2 fully saturated rings. The Balaban J connectivity index is 1.88. The Morgan fingerprint density at radius 1 is 1.29 bits per heavy atom. The second-order valence-electron chi connectivity index (χ2n) is 5.74. The third-order valence-corrected chi connectivity index (χ3v) is 4.48. The Morgan fingerprint density at radius 3 is 2.53 bits per heavy atom. The lowest BCUT2D eigenvalue weighted by atomic mass is 9.82. The molecule has 0 spiro atoms. The number of aliphatic carboxylic acids is 1. The second kappa shape index (κ2) is 4.67. The SMILES string of the molecule is CC1(C(=O)O)CCCC1NC(=O)CC1CCC1. The summed E-state index contributed by atoms with van der Waals surface area (Å²) in [5, 5.41) is 12.2. The van der Waals surface area contributed by atoms with Crippen molar-refractivity contribution in [3.8, 4) is 0 Å². The van der Waals surface area contributed by atoms with Gasteiger partial charge in [-0.15, -0.1) is 0 Å². The van der Waals surface area contributed by atoms with Crippen molar-refractivity contribution < 1.29 is 14.7 Å². The minimum absolute atomic E-state index is 0.0362. The lowest BCUT2D eigenvalue weighted by Crippen LogP contribution is -2.47. The van der Waals surface area contributed by atoms with Crippen LogP contribution >= 0.6 is 0 Å². The number of carbonyl (C=O) groups excluding carboxylic acids is 1. The molecule has 17 heavy (non-hydrogen) atoms. The molecule has 4 nitrogen and oxygen atoms in total. The van der Waals surface area contributed by atoms with Crippen LogP contribution < -0.4 is 5.32 Å². The number of nitrogens with one attached hydrogen (secondary N) is 1. The van der Waals surface area contributed by atoms with E-state index in [2.05, 4.69) is 5.32 Å². The Morgan fingerprint density at radius 2 is 2.00 bits per heavy atom. The molecule has 2 rings (SSSR count). The van der Waals surface area contributed by atoms with Gasteiger partial charge in [0.25, 0.3) is 0 Å². The zero-order chi connectivity index (χ0) is 12.5. The fourth-order valence-corrected chi connectivity index (χ4v) is 2.87. The van der Waals surface area contributed by atoms with Crippen LogP contribution in [0.3, 0.4) is 0 Å². The van der Waals surface area contributed by atoms with E-state index in [1.807, 2.05) is 0 Å². The topological polar surface area (TPSA) is 66.4 Å². The first-order valence-corrected chi connectivity index (χ1v) is 6.55. The van der Waals surface area contributed by atoms with Crippen LogP contribution in [0.2, 0.25) is 0 Å². The van der Waals surface area contributed by atoms with Gasteiger partial charge >= 0.3 is 5.97 Å². The summed E-state index contributed by atoms with van der Waals surface area (Å²) in [4.78, 5) is 23.1. The fraction of sp³-hybridized carbons (Fsp3) is 0.846. The number of carboxylic acids is 1. The number of hydrogen-bond acceptors (Lipinski definition) is 2. The molecular weight excluding hydrogens is 218 g/mol. The van der Waals surface area contributed by atoms with Gasteiger partial charge in [-0.1, -0.05) is 12.8 Å². The molecule has 96 valence electrons. The average molecular weight is 239 g/mol. The van der Waals surface area contributed by atoms with Crippen molar-refractivity contribution in [1.82, 2.24) is 5.32 Å². The summed E-state index contributed by atoms with van der Waals surface area (Å²) in [6.07, 6.45) is 6.44. The predicted octanol–water partition coefficient (Wildman–Crippen LogP) is 1.94. The summed E-state index contributed by atoms with van der Waals surface area (Å²) < 4.78 is 0. The van der Waals surface area contributed by atoms with E-state index in [0.717, 1.165) is 25.7 Å². The smallest absolute Gasteiger partial charge is 0.311 e. The number of hydrogen-bond donors (Lipinski definition) is 2. The third-order valence-electron chi connectivity index (χ3n) is 4.48. The van der Waals surface area contributed by atoms with E-state index in [9.17, 15) is 14.7 Å². The molecule has 2 N–H and O–H groups in total. The van der Waals surface area contributed by atoms with E-state index in [0.29, 0.717) is 18.8 Å². The van der Waals surface area contributed by atoms with Crippen LogP contribution in [0.5, 0.6) is 0 Å². The Labute approximate surface area is 102 Å². The molecule has 0 bridgehead atoms. The molecule has 0 aromatic rings. The molecule has 2 saturated carbocycles. The van der Waals surface area contributed by atoms with Gasteiger partial charge in [0.1, 0.15) is 0 Å². The maximum Gasteiger partial charge on any atom is 0.311 e. The largest absolute Gasteiger partial charge is 0.481 e. The van der Waals surface area contributed by atoms with Gasteiger partial charge in [-0.25, -0.2) is 0 Å². The molecule has 0 aromatic heterocycles. The third kappa shape index (κ3) is 2.45. The van der Waals surface area contributed by atoms with Crippen molar-refractivity contribution in [2.45, 2.75) is 57.9 Å². The zero-order valence-electron chi connectivity index (χ0n) is 10.4. The highest BCUT2D eigenvalue weighted by Crippen LogP contribution is 2.38. The first-order valence-electron chi connectivity index (χ1n) is 6.55. The minimum Gasteiger partial charge on any atom is -0.481 e. The van der Waals surface area contributed by atoms with E-state index in [1.165, 1.54) is 6.42 Å². The van der Waals surface area contributed by atoms with E-state index in [1.54, 1.807) is 6.92 Å². The van der Waals surface area contributed by atoms with Crippen LogP contribution in [-0.4, -0.2) is 23.0 Å². The molecule has 0 aliphatic heterocycles. The normalized spacial score (nSPS) is 33.1. The van der Waals surface area contributed by atoms with Gasteiger partial charge in [-0.05, 0) is 38.5 Å². The quantitative estimate of drug-likeness (QED) is 0.787. The summed E-state index contributed by atoms with van der Waals surface area (Å²) >= 11 is 0. The van der Waals surface area contributed by atoms with E-state index < -0.39 is 11.4 Å². The Kier molecular flexibility index (Phi) is 3.40. The van der Waals surface area contributed by atoms with Crippen LogP contribution in [0.4, 0.5) is 0 Å². The number of carboxylic acid groups (broad SMARTS) is 1. The highest BCUT2D eigenvalue weighted by atomic mass is 16.4. The van der Waals surface area contributed by atoms with Crippen molar-refractivity contribution in [1.29, 1.82) is 0 Å². The van der Waals surface area contributed by atoms with Gasteiger partial charge in [0.05, 0.1) is 5.41 Å². The van der Waals surface area contributed by atoms with Gasteiger partial charge in [0.2, 0.25) is 5.91 Å². The lowest BCUT2D eigenvalue weighted by Gasteiger charge is -2.30. The molecule has 2 aliphatic carbocycles. The number of amides is 1. The first-order chi connectivity index (χ1) is 8.02. The van der Waals surface area contributed by atoms with Crippen molar-refractivity contribution in [2.75, 3.05) is 0 Å². The van der Waals surface area contributed by atoms with Gasteiger partial charge in [-0.2, -0.15) is 0 Å². The maximum absolute atomic E-state index is 11.8. The highest BCUT2D eigenvalue weighted by Gasteiger charge is 2.45. The molecular formula is C13H21NO3. The zero-order valence-corrected chi connectivity index (χ0v) is 10.4. The molecule has 0 heterocycles. The van der Waals surface area contributed by atoms with E-state index in [4.69, 9.17) is 0 Å². The van der Waals surface area contributed by atoms with E-state index >= 15 is 0 Å². The lowest BCUT2D eigenvalue weighted by molar-refractivity contribution is -0.149. The monoisotopic (exact) mass is 239 g/mol. The molecule has 0 aromatic carbocycles. The van der Waals surface area contributed by atoms with Gasteiger partial charge < -0.3 is 10.4 Å². The Hall–Kier alpha value is -1.06. The van der Waals surface area contributed by atoms with Crippen molar-refractivity contribution in [3.63, 3.8) is 0 Å². The molecule has 2 atom stereocenters. The second-order valence-corrected chi connectivity index (χ2v) is 5.74. The molecule has 2 unspecified atom stereocenters. The number of rotatable bonds is 4. The number of carbonyl (C=O) groups is 2. The maximum atomic E-state index is 11.8. The Bertz CT molecular complexity index is 325. The van der Waals surface area contributed by atoms with Crippen LogP contribution in [-0.2, 0) is 9.59 Å². The van der Waals surface area contributed by atoms with Crippen LogP contribution in [0.1, 0.15) is 51.9 Å². The summed E-state index contributed by atoms with van der Waals surface area (Å²) in [7, 11) is 0. The predicted molar refractivity (Wildman–Crippen MR) is 63.5 cm³/mol. The summed E-state index contributed by atoms with van der Waals surface area (Å²) in [6.45, 7) is 1.75. The van der Waals surface area contributed by atoms with Gasteiger partial charge in [0.15, 0.2) is 0 Å². The molecule has 0 radical (unpaired) electrons. The summed E-state index contributed by atoms with van der Waals surface area (Å²) in [5.74, 6) is -0.217. The molecule has 2 aliphatic rings. The molecule has 4 heteroatoms. The van der Waals surface area contributed by atoms with Crippen LogP contribution in [0.15, 0.2) is 0 Å². The van der Waals surface area contributed by atoms with Gasteiger partial charge in [-0.3, -0.25) is 9.59 Å². The van der Waals surface area contributed by atoms with Crippen molar-refractivity contribution in [2.24, 2.45) is 11.3 Å². The average Bonchev–Trinajstić information content (AvgIpc) is 2.56. The summed E-state index contributed by atoms with van der Waals surface area (Å²) in [6, 6.07) is -0.187. The fourth-order valence-electron chi connectivity index (χ4n) is 2.87. The summed E-state index contributed by atoms with van der Waals surface area (Å²) in [5.41, 5.74) is -0.769. The standard InChI is InChI=1S/C13H21NO3/c1-13(12(16)17)7-3-6-10(13)14-11(15)8-9-4-2-5-9/h9-10H,2-8H2,1H3,(H,14,15)(H,16,17). The van der Waals surface area contributed by atoms with Crippen LogP contribution in [0, 0.1) is 11.3 Å². The first kappa shape index (κ1) is 12.4. The highest BCUT2D eigenvalue weighted by molar-refractivity contribution is 5.80. The molecule has 0 saturated heterocycles. The van der Waals surface area contributed by atoms with E-state index in [-0.39, 0.29) is 11.9 Å².